The van der Waals surface area contributed by atoms with Crippen molar-refractivity contribution in [2.24, 2.45) is 5.84 Å². The summed E-state index contributed by atoms with van der Waals surface area (Å²) in [6, 6.07) is 8.28. The Morgan fingerprint density at radius 3 is 3.05 bits per heavy atom. The SMILES string of the molecule is Cc1cccc(OCCC(Cc2cncs2)NN)c1. The number of nitrogens with one attached hydrogen (secondary N) is 1. The van der Waals surface area contributed by atoms with Crippen molar-refractivity contribution in [2.75, 3.05) is 6.61 Å². The van der Waals surface area contributed by atoms with Gasteiger partial charge in [-0.25, -0.2) is 0 Å². The Labute approximate surface area is 117 Å². The molecule has 0 aliphatic carbocycles. The lowest BCUT2D eigenvalue weighted by Gasteiger charge is -2.15. The maximum atomic E-state index is 5.73. The monoisotopic (exact) mass is 277 g/mol. The fraction of sp³-hybridized carbons (Fsp3) is 0.357. The highest BCUT2D eigenvalue weighted by molar-refractivity contribution is 7.09. The minimum absolute atomic E-state index is 0.213. The summed E-state index contributed by atoms with van der Waals surface area (Å²) in [5.41, 5.74) is 5.88. The molecule has 1 unspecified atom stereocenters. The van der Waals surface area contributed by atoms with Crippen molar-refractivity contribution < 1.29 is 4.74 Å². The molecule has 19 heavy (non-hydrogen) atoms. The fourth-order valence-corrected chi connectivity index (χ4v) is 2.53. The van der Waals surface area contributed by atoms with E-state index in [9.17, 15) is 0 Å². The van der Waals surface area contributed by atoms with E-state index in [0.717, 1.165) is 18.6 Å². The van der Waals surface area contributed by atoms with Crippen LogP contribution in [0.15, 0.2) is 36.0 Å². The topological polar surface area (TPSA) is 60.2 Å². The largest absolute Gasteiger partial charge is 0.494 e. The van der Waals surface area contributed by atoms with Crippen LogP contribution in [0.3, 0.4) is 0 Å². The van der Waals surface area contributed by atoms with Gasteiger partial charge in [0, 0.05) is 23.5 Å². The lowest BCUT2D eigenvalue weighted by Crippen LogP contribution is -2.37. The maximum Gasteiger partial charge on any atom is 0.119 e. The Kier molecular flexibility index (Phi) is 5.32. The quantitative estimate of drug-likeness (QED) is 0.602. The van der Waals surface area contributed by atoms with Gasteiger partial charge in [0.1, 0.15) is 5.75 Å². The van der Waals surface area contributed by atoms with Gasteiger partial charge in [0.2, 0.25) is 0 Å². The predicted octanol–water partition coefficient (Wildman–Crippen LogP) is 2.30. The third-order valence-corrected chi connectivity index (χ3v) is 3.69. The summed E-state index contributed by atoms with van der Waals surface area (Å²) in [6.07, 6.45) is 3.64. The molecule has 0 radical (unpaired) electrons. The molecule has 2 aromatic rings. The van der Waals surface area contributed by atoms with Crippen LogP contribution in [0.4, 0.5) is 0 Å². The number of hydrogen-bond acceptors (Lipinski definition) is 5. The van der Waals surface area contributed by atoms with E-state index in [2.05, 4.69) is 23.4 Å². The molecule has 3 N–H and O–H groups in total. The smallest absolute Gasteiger partial charge is 0.119 e. The van der Waals surface area contributed by atoms with Crippen LogP contribution in [0.2, 0.25) is 0 Å². The molecule has 0 saturated heterocycles. The van der Waals surface area contributed by atoms with E-state index in [4.69, 9.17) is 10.6 Å². The van der Waals surface area contributed by atoms with E-state index in [1.54, 1.807) is 11.3 Å². The first kappa shape index (κ1) is 14.0. The average Bonchev–Trinajstić information content (AvgIpc) is 2.90. The molecule has 0 aliphatic rings. The second kappa shape index (κ2) is 7.23. The summed E-state index contributed by atoms with van der Waals surface area (Å²) >= 11 is 1.65. The molecule has 0 saturated carbocycles. The number of benzene rings is 1. The van der Waals surface area contributed by atoms with Gasteiger partial charge in [-0.05, 0) is 31.0 Å². The zero-order valence-electron chi connectivity index (χ0n) is 11.0. The first-order valence-corrected chi connectivity index (χ1v) is 7.19. The summed E-state index contributed by atoms with van der Waals surface area (Å²) < 4.78 is 5.73. The first-order valence-electron chi connectivity index (χ1n) is 6.31. The Hall–Kier alpha value is -1.43. The summed E-state index contributed by atoms with van der Waals surface area (Å²) in [5.74, 6) is 6.48. The minimum atomic E-state index is 0.213. The van der Waals surface area contributed by atoms with Gasteiger partial charge in [-0.15, -0.1) is 11.3 Å². The van der Waals surface area contributed by atoms with E-state index in [-0.39, 0.29) is 6.04 Å². The molecule has 2 rings (SSSR count). The van der Waals surface area contributed by atoms with Crippen LogP contribution in [0.5, 0.6) is 5.75 Å². The van der Waals surface area contributed by atoms with Gasteiger partial charge in [0.05, 0.1) is 12.1 Å². The number of rotatable bonds is 7. The number of nitrogens with two attached hydrogens (primary N) is 1. The van der Waals surface area contributed by atoms with Crippen molar-refractivity contribution in [3.8, 4) is 5.75 Å². The molecule has 4 nitrogen and oxygen atoms in total. The molecule has 102 valence electrons. The number of thiazole rings is 1. The van der Waals surface area contributed by atoms with Crippen molar-refractivity contribution in [3.63, 3.8) is 0 Å². The number of ether oxygens (including phenoxy) is 1. The predicted molar refractivity (Wildman–Crippen MR) is 78.2 cm³/mol. The summed E-state index contributed by atoms with van der Waals surface area (Å²) in [4.78, 5) is 5.30. The molecule has 0 spiro atoms. The summed E-state index contributed by atoms with van der Waals surface area (Å²) in [6.45, 7) is 2.71. The average molecular weight is 277 g/mol. The zero-order valence-corrected chi connectivity index (χ0v) is 11.8. The lowest BCUT2D eigenvalue weighted by molar-refractivity contribution is 0.285. The second-order valence-electron chi connectivity index (χ2n) is 4.49. The third-order valence-electron chi connectivity index (χ3n) is 2.89. The highest BCUT2D eigenvalue weighted by Crippen LogP contribution is 2.14. The van der Waals surface area contributed by atoms with Crippen molar-refractivity contribution >= 4 is 11.3 Å². The normalized spacial score (nSPS) is 12.3. The fourth-order valence-electron chi connectivity index (χ4n) is 1.85. The maximum absolute atomic E-state index is 5.73. The molecule has 1 aromatic heterocycles. The molecule has 1 aromatic carbocycles. The van der Waals surface area contributed by atoms with E-state index in [1.165, 1.54) is 10.4 Å². The number of aromatic nitrogens is 1. The highest BCUT2D eigenvalue weighted by Gasteiger charge is 2.09. The van der Waals surface area contributed by atoms with E-state index >= 15 is 0 Å². The first-order chi connectivity index (χ1) is 9.28. The summed E-state index contributed by atoms with van der Waals surface area (Å²) in [7, 11) is 0. The molecule has 1 heterocycles. The second-order valence-corrected chi connectivity index (χ2v) is 5.46. The minimum Gasteiger partial charge on any atom is -0.494 e. The molecule has 5 heteroatoms. The van der Waals surface area contributed by atoms with Crippen LogP contribution >= 0.6 is 11.3 Å². The van der Waals surface area contributed by atoms with Crippen molar-refractivity contribution in [1.82, 2.24) is 10.4 Å². The molecule has 0 bridgehead atoms. The molecule has 0 fully saturated rings. The van der Waals surface area contributed by atoms with Crippen molar-refractivity contribution in [3.05, 3.63) is 46.4 Å². The number of hydrazine groups is 1. The lowest BCUT2D eigenvalue weighted by atomic mass is 10.1. The van der Waals surface area contributed by atoms with Crippen LogP contribution in [0, 0.1) is 6.92 Å². The summed E-state index contributed by atoms with van der Waals surface area (Å²) in [5, 5.41) is 0. The molecule has 0 aliphatic heterocycles. The Balaban J connectivity index is 1.77. The Bertz CT molecular complexity index is 487. The number of hydrogen-bond donors (Lipinski definition) is 2. The molecular weight excluding hydrogens is 258 g/mol. The van der Waals surface area contributed by atoms with Crippen molar-refractivity contribution in [2.45, 2.75) is 25.8 Å². The van der Waals surface area contributed by atoms with Crippen LogP contribution in [-0.4, -0.2) is 17.6 Å². The van der Waals surface area contributed by atoms with E-state index < -0.39 is 0 Å². The van der Waals surface area contributed by atoms with Crippen LogP contribution in [0.25, 0.3) is 0 Å². The molecule has 0 amide bonds. The highest BCUT2D eigenvalue weighted by atomic mass is 32.1. The van der Waals surface area contributed by atoms with Gasteiger partial charge in [-0.2, -0.15) is 0 Å². The molecule has 1 atom stereocenters. The standard InChI is InChI=1S/C14H19N3OS/c1-11-3-2-4-13(7-11)18-6-5-12(17-15)8-14-9-16-10-19-14/h2-4,7,9-10,12,17H,5-6,8,15H2,1H3. The van der Waals surface area contributed by atoms with Gasteiger partial charge in [0.25, 0.3) is 0 Å². The van der Waals surface area contributed by atoms with Crippen LogP contribution in [-0.2, 0) is 6.42 Å². The van der Waals surface area contributed by atoms with Crippen LogP contribution in [0.1, 0.15) is 16.9 Å². The zero-order chi connectivity index (χ0) is 13.5. The number of aryl methyl sites for hydroxylation is 1. The van der Waals surface area contributed by atoms with Gasteiger partial charge < -0.3 is 4.74 Å². The number of nitrogens with zero attached hydrogens (tertiary/aromatic N) is 1. The Morgan fingerprint density at radius 1 is 1.47 bits per heavy atom. The Morgan fingerprint density at radius 2 is 2.37 bits per heavy atom. The van der Waals surface area contributed by atoms with E-state index in [0.29, 0.717) is 6.61 Å². The van der Waals surface area contributed by atoms with Gasteiger partial charge >= 0.3 is 0 Å². The van der Waals surface area contributed by atoms with Gasteiger partial charge in [0.15, 0.2) is 0 Å². The third kappa shape index (κ3) is 4.63. The van der Waals surface area contributed by atoms with Gasteiger partial charge in [-0.3, -0.25) is 16.3 Å². The van der Waals surface area contributed by atoms with Gasteiger partial charge in [-0.1, -0.05) is 12.1 Å². The van der Waals surface area contributed by atoms with E-state index in [1.807, 2.05) is 29.9 Å². The van der Waals surface area contributed by atoms with Crippen LogP contribution < -0.4 is 16.0 Å². The van der Waals surface area contributed by atoms with Crippen molar-refractivity contribution in [1.29, 1.82) is 0 Å². The molecular formula is C14H19N3OS.